The maximum absolute atomic E-state index is 6.11. The summed E-state index contributed by atoms with van der Waals surface area (Å²) in [6.45, 7) is 1.89. The van der Waals surface area contributed by atoms with E-state index >= 15 is 0 Å². The molecule has 0 atom stereocenters. The molecule has 3 heterocycles. The van der Waals surface area contributed by atoms with Gasteiger partial charge in [-0.2, -0.15) is 5.10 Å². The fourth-order valence-electron chi connectivity index (χ4n) is 2.38. The van der Waals surface area contributed by atoms with Crippen LogP contribution in [0.1, 0.15) is 18.9 Å². The van der Waals surface area contributed by atoms with Crippen LogP contribution >= 0.6 is 11.6 Å². The third-order valence-corrected chi connectivity index (χ3v) is 3.58. The molecule has 2 aromatic rings. The number of halogens is 1. The van der Waals surface area contributed by atoms with Crippen molar-refractivity contribution in [1.82, 2.24) is 19.7 Å². The van der Waals surface area contributed by atoms with Gasteiger partial charge in [-0.3, -0.25) is 4.68 Å². The first-order valence-corrected chi connectivity index (χ1v) is 6.42. The van der Waals surface area contributed by atoms with Gasteiger partial charge < -0.3 is 4.90 Å². The third-order valence-electron chi connectivity index (χ3n) is 3.31. The second-order valence-corrected chi connectivity index (χ2v) is 4.81. The Bertz CT molecular complexity index is 505. The Labute approximate surface area is 110 Å². The molecular formula is C12H14ClN5. The maximum atomic E-state index is 6.11. The molecule has 1 aliphatic heterocycles. The topological polar surface area (TPSA) is 46.8 Å². The molecule has 0 spiro atoms. The fourth-order valence-corrected chi connectivity index (χ4v) is 2.60. The van der Waals surface area contributed by atoms with Crippen molar-refractivity contribution in [3.8, 4) is 0 Å². The SMILES string of the molecule is Clc1cncnc1N1CCC(n2cccn2)CC1. The van der Waals surface area contributed by atoms with Gasteiger partial charge in [-0.1, -0.05) is 11.6 Å². The first-order chi connectivity index (χ1) is 8.84. The standard InChI is InChI=1S/C12H14ClN5/c13-11-8-14-9-15-12(11)17-6-2-10(3-7-17)18-5-1-4-16-18/h1,4-5,8-10H,2-3,6-7H2. The smallest absolute Gasteiger partial charge is 0.150 e. The van der Waals surface area contributed by atoms with E-state index in [1.165, 1.54) is 0 Å². The van der Waals surface area contributed by atoms with E-state index in [1.807, 2.05) is 23.1 Å². The van der Waals surface area contributed by atoms with E-state index in [0.717, 1.165) is 31.7 Å². The van der Waals surface area contributed by atoms with Crippen LogP contribution in [-0.2, 0) is 0 Å². The van der Waals surface area contributed by atoms with E-state index in [4.69, 9.17) is 11.6 Å². The Kier molecular flexibility index (Phi) is 3.15. The Morgan fingerprint density at radius 1 is 1.28 bits per heavy atom. The zero-order chi connectivity index (χ0) is 12.4. The molecule has 0 aromatic carbocycles. The molecule has 2 aromatic heterocycles. The molecule has 1 aliphatic rings. The van der Waals surface area contributed by atoms with Crippen LogP contribution in [0.2, 0.25) is 5.02 Å². The number of nitrogens with zero attached hydrogens (tertiary/aromatic N) is 5. The van der Waals surface area contributed by atoms with E-state index in [-0.39, 0.29) is 0 Å². The second kappa shape index (κ2) is 4.94. The number of hydrogen-bond acceptors (Lipinski definition) is 4. The number of aromatic nitrogens is 4. The van der Waals surface area contributed by atoms with Gasteiger partial charge in [-0.05, 0) is 18.9 Å². The van der Waals surface area contributed by atoms with Gasteiger partial charge in [0.15, 0.2) is 5.82 Å². The summed E-state index contributed by atoms with van der Waals surface area (Å²) in [6, 6.07) is 2.45. The molecule has 94 valence electrons. The third kappa shape index (κ3) is 2.18. The number of piperidine rings is 1. The summed E-state index contributed by atoms with van der Waals surface area (Å²) in [5, 5.41) is 4.92. The monoisotopic (exact) mass is 263 g/mol. The van der Waals surface area contributed by atoms with E-state index in [1.54, 1.807) is 12.5 Å². The highest BCUT2D eigenvalue weighted by Crippen LogP contribution is 2.28. The first kappa shape index (κ1) is 11.5. The van der Waals surface area contributed by atoms with Crippen LogP contribution in [-0.4, -0.2) is 32.8 Å². The van der Waals surface area contributed by atoms with Crippen molar-refractivity contribution < 1.29 is 0 Å². The Balaban J connectivity index is 1.69. The lowest BCUT2D eigenvalue weighted by Gasteiger charge is -2.33. The molecule has 1 saturated heterocycles. The molecule has 3 rings (SSSR count). The number of hydrogen-bond donors (Lipinski definition) is 0. The molecule has 0 saturated carbocycles. The van der Waals surface area contributed by atoms with Crippen molar-refractivity contribution in [2.45, 2.75) is 18.9 Å². The molecular weight excluding hydrogens is 250 g/mol. The average molecular weight is 264 g/mol. The molecule has 0 aliphatic carbocycles. The summed E-state index contributed by atoms with van der Waals surface area (Å²) >= 11 is 6.11. The Morgan fingerprint density at radius 2 is 2.11 bits per heavy atom. The van der Waals surface area contributed by atoms with Crippen molar-refractivity contribution in [3.63, 3.8) is 0 Å². The zero-order valence-corrected chi connectivity index (χ0v) is 10.7. The van der Waals surface area contributed by atoms with Crippen molar-refractivity contribution in [2.75, 3.05) is 18.0 Å². The van der Waals surface area contributed by atoms with Gasteiger partial charge in [-0.15, -0.1) is 0 Å². The Morgan fingerprint density at radius 3 is 2.78 bits per heavy atom. The second-order valence-electron chi connectivity index (χ2n) is 4.40. The van der Waals surface area contributed by atoms with E-state index in [9.17, 15) is 0 Å². The quantitative estimate of drug-likeness (QED) is 0.833. The molecule has 6 heteroatoms. The minimum atomic E-state index is 0.483. The van der Waals surface area contributed by atoms with E-state index < -0.39 is 0 Å². The first-order valence-electron chi connectivity index (χ1n) is 6.04. The van der Waals surface area contributed by atoms with Gasteiger partial charge in [0.1, 0.15) is 11.3 Å². The average Bonchev–Trinajstić information content (AvgIpc) is 2.94. The molecule has 0 N–H and O–H groups in total. The van der Waals surface area contributed by atoms with Crippen LogP contribution in [0, 0.1) is 0 Å². The molecule has 0 unspecified atom stereocenters. The lowest BCUT2D eigenvalue weighted by molar-refractivity contribution is 0.366. The maximum Gasteiger partial charge on any atom is 0.150 e. The van der Waals surface area contributed by atoms with E-state index in [0.29, 0.717) is 11.1 Å². The van der Waals surface area contributed by atoms with Crippen molar-refractivity contribution in [2.24, 2.45) is 0 Å². The summed E-state index contributed by atoms with van der Waals surface area (Å²) in [5.74, 6) is 0.839. The molecule has 0 radical (unpaired) electrons. The normalized spacial score (nSPS) is 17.1. The summed E-state index contributed by atoms with van der Waals surface area (Å²) < 4.78 is 2.04. The minimum absolute atomic E-state index is 0.483. The van der Waals surface area contributed by atoms with Crippen LogP contribution in [0.25, 0.3) is 0 Å². The number of anilines is 1. The van der Waals surface area contributed by atoms with Crippen LogP contribution in [0.4, 0.5) is 5.82 Å². The van der Waals surface area contributed by atoms with Crippen molar-refractivity contribution in [1.29, 1.82) is 0 Å². The van der Waals surface area contributed by atoms with Crippen molar-refractivity contribution >= 4 is 17.4 Å². The lowest BCUT2D eigenvalue weighted by atomic mass is 10.1. The van der Waals surface area contributed by atoms with Gasteiger partial charge >= 0.3 is 0 Å². The summed E-state index contributed by atoms with van der Waals surface area (Å²) in [7, 11) is 0. The Hall–Kier alpha value is -1.62. The minimum Gasteiger partial charge on any atom is -0.355 e. The molecule has 18 heavy (non-hydrogen) atoms. The highest BCUT2D eigenvalue weighted by molar-refractivity contribution is 6.32. The largest absolute Gasteiger partial charge is 0.355 e. The highest BCUT2D eigenvalue weighted by atomic mass is 35.5. The predicted octanol–water partition coefficient (Wildman–Crippen LogP) is 2.17. The lowest BCUT2D eigenvalue weighted by Crippen LogP contribution is -2.35. The van der Waals surface area contributed by atoms with Gasteiger partial charge in [0.2, 0.25) is 0 Å². The summed E-state index contributed by atoms with van der Waals surface area (Å²) in [5.41, 5.74) is 0. The van der Waals surface area contributed by atoms with Crippen LogP contribution < -0.4 is 4.90 Å². The molecule has 0 bridgehead atoms. The highest BCUT2D eigenvalue weighted by Gasteiger charge is 2.22. The van der Waals surface area contributed by atoms with E-state index in [2.05, 4.69) is 20.0 Å². The van der Waals surface area contributed by atoms with Crippen LogP contribution in [0.15, 0.2) is 31.0 Å². The van der Waals surface area contributed by atoms with Crippen LogP contribution in [0.5, 0.6) is 0 Å². The summed E-state index contributed by atoms with van der Waals surface area (Å²) in [4.78, 5) is 10.4. The van der Waals surface area contributed by atoms with Gasteiger partial charge in [0, 0.05) is 25.5 Å². The summed E-state index contributed by atoms with van der Waals surface area (Å²) in [6.07, 6.45) is 9.15. The molecule has 0 amide bonds. The van der Waals surface area contributed by atoms with Crippen LogP contribution in [0.3, 0.4) is 0 Å². The van der Waals surface area contributed by atoms with Gasteiger partial charge in [0.25, 0.3) is 0 Å². The fraction of sp³-hybridized carbons (Fsp3) is 0.417. The zero-order valence-electron chi connectivity index (χ0n) is 9.91. The molecule has 5 nitrogen and oxygen atoms in total. The van der Waals surface area contributed by atoms with Gasteiger partial charge in [0.05, 0.1) is 12.2 Å². The predicted molar refractivity (Wildman–Crippen MR) is 69.8 cm³/mol. The number of rotatable bonds is 2. The molecule has 1 fully saturated rings. The van der Waals surface area contributed by atoms with Gasteiger partial charge in [-0.25, -0.2) is 9.97 Å². The van der Waals surface area contributed by atoms with Crippen molar-refractivity contribution in [3.05, 3.63) is 36.0 Å².